The van der Waals surface area contributed by atoms with Crippen molar-refractivity contribution in [3.63, 3.8) is 0 Å². The molecule has 0 aliphatic carbocycles. The summed E-state index contributed by atoms with van der Waals surface area (Å²) in [5, 5.41) is 14.1. The standard InChI is InChI=1S/C20H22ClN3O3S/c1-2-3-11-24(28(26,27)18-7-5-4-6-8-18)19-10-9-17(21)12-20(19)23-14-16(15-25)13-22-23/h4-10,12-14,25H,2-3,11,15H2,1H3. The van der Waals surface area contributed by atoms with Crippen LogP contribution >= 0.6 is 11.6 Å². The summed E-state index contributed by atoms with van der Waals surface area (Å²) in [6, 6.07) is 13.4. The quantitative estimate of drug-likeness (QED) is 0.598. The molecule has 28 heavy (non-hydrogen) atoms. The molecule has 0 amide bonds. The maximum absolute atomic E-state index is 13.4. The first-order valence-corrected chi connectivity index (χ1v) is 10.8. The fraction of sp³-hybridized carbons (Fsp3) is 0.250. The van der Waals surface area contributed by atoms with Crippen molar-refractivity contribution < 1.29 is 13.5 Å². The molecule has 3 aromatic rings. The number of anilines is 1. The molecule has 0 atom stereocenters. The van der Waals surface area contributed by atoms with Crippen molar-refractivity contribution in [1.29, 1.82) is 0 Å². The van der Waals surface area contributed by atoms with Crippen LogP contribution in [-0.2, 0) is 16.6 Å². The Bertz CT molecular complexity index is 1040. The van der Waals surface area contributed by atoms with Gasteiger partial charge in [-0.1, -0.05) is 43.1 Å². The number of aromatic nitrogens is 2. The molecule has 2 aromatic carbocycles. The fourth-order valence-corrected chi connectivity index (χ4v) is 4.56. The molecule has 0 radical (unpaired) electrons. The van der Waals surface area contributed by atoms with E-state index >= 15 is 0 Å². The van der Waals surface area contributed by atoms with Crippen LogP contribution in [0.2, 0.25) is 5.02 Å². The van der Waals surface area contributed by atoms with Crippen molar-refractivity contribution in [2.75, 3.05) is 10.8 Å². The highest BCUT2D eigenvalue weighted by molar-refractivity contribution is 7.92. The van der Waals surface area contributed by atoms with Crippen LogP contribution in [-0.4, -0.2) is 29.8 Å². The summed E-state index contributed by atoms with van der Waals surface area (Å²) in [5.74, 6) is 0. The molecular weight excluding hydrogens is 398 g/mol. The maximum Gasteiger partial charge on any atom is 0.264 e. The first-order valence-electron chi connectivity index (χ1n) is 8.99. The lowest BCUT2D eigenvalue weighted by molar-refractivity contribution is 0.282. The minimum Gasteiger partial charge on any atom is -0.392 e. The van der Waals surface area contributed by atoms with Crippen LogP contribution in [0.3, 0.4) is 0 Å². The lowest BCUT2D eigenvalue weighted by Crippen LogP contribution is -2.33. The number of rotatable bonds is 8. The molecule has 0 saturated heterocycles. The molecule has 8 heteroatoms. The van der Waals surface area contributed by atoms with E-state index in [2.05, 4.69) is 5.10 Å². The van der Waals surface area contributed by atoms with E-state index in [0.717, 1.165) is 6.42 Å². The smallest absolute Gasteiger partial charge is 0.264 e. The van der Waals surface area contributed by atoms with Crippen LogP contribution in [0.5, 0.6) is 0 Å². The van der Waals surface area contributed by atoms with E-state index in [-0.39, 0.29) is 11.5 Å². The predicted molar refractivity (Wildman–Crippen MR) is 110 cm³/mol. The second kappa shape index (κ2) is 8.77. The average Bonchev–Trinajstić information content (AvgIpc) is 3.19. The van der Waals surface area contributed by atoms with Crippen molar-refractivity contribution in [1.82, 2.24) is 9.78 Å². The van der Waals surface area contributed by atoms with E-state index in [0.29, 0.717) is 34.9 Å². The van der Waals surface area contributed by atoms with Gasteiger partial charge in [0, 0.05) is 23.3 Å². The predicted octanol–water partition coefficient (Wildman–Crippen LogP) is 4.01. The molecule has 1 aromatic heterocycles. The molecule has 1 heterocycles. The highest BCUT2D eigenvalue weighted by Gasteiger charge is 2.27. The van der Waals surface area contributed by atoms with Gasteiger partial charge in [0.25, 0.3) is 10.0 Å². The third kappa shape index (κ3) is 4.22. The van der Waals surface area contributed by atoms with E-state index in [4.69, 9.17) is 11.6 Å². The monoisotopic (exact) mass is 419 g/mol. The van der Waals surface area contributed by atoms with Crippen molar-refractivity contribution in [2.45, 2.75) is 31.3 Å². The molecule has 148 valence electrons. The molecule has 0 saturated carbocycles. The van der Waals surface area contributed by atoms with Crippen LogP contribution in [0.25, 0.3) is 5.69 Å². The number of hydrogen-bond donors (Lipinski definition) is 1. The van der Waals surface area contributed by atoms with Gasteiger partial charge in [0.15, 0.2) is 0 Å². The summed E-state index contributed by atoms with van der Waals surface area (Å²) in [5.41, 5.74) is 1.63. The van der Waals surface area contributed by atoms with E-state index in [1.54, 1.807) is 54.7 Å². The Morgan fingerprint density at radius 3 is 2.57 bits per heavy atom. The highest BCUT2D eigenvalue weighted by atomic mass is 35.5. The van der Waals surface area contributed by atoms with Crippen LogP contribution in [0.15, 0.2) is 65.8 Å². The zero-order chi connectivity index (χ0) is 20.1. The number of benzene rings is 2. The Morgan fingerprint density at radius 2 is 1.93 bits per heavy atom. The lowest BCUT2D eigenvalue weighted by Gasteiger charge is -2.26. The van der Waals surface area contributed by atoms with Crippen molar-refractivity contribution in [3.05, 3.63) is 71.5 Å². The van der Waals surface area contributed by atoms with Crippen LogP contribution < -0.4 is 4.31 Å². The molecule has 0 bridgehead atoms. The third-order valence-corrected chi connectivity index (χ3v) is 6.38. The summed E-state index contributed by atoms with van der Waals surface area (Å²) < 4.78 is 29.7. The summed E-state index contributed by atoms with van der Waals surface area (Å²) >= 11 is 6.19. The number of hydrogen-bond acceptors (Lipinski definition) is 4. The normalized spacial score (nSPS) is 11.5. The number of aliphatic hydroxyl groups excluding tert-OH is 1. The minimum atomic E-state index is -3.77. The summed E-state index contributed by atoms with van der Waals surface area (Å²) in [6.07, 6.45) is 4.74. The molecule has 0 aliphatic heterocycles. The Balaban J connectivity index is 2.16. The molecule has 3 rings (SSSR count). The van der Waals surface area contributed by atoms with Crippen molar-refractivity contribution >= 4 is 27.3 Å². The number of nitrogens with zero attached hydrogens (tertiary/aromatic N) is 3. The topological polar surface area (TPSA) is 75.4 Å². The van der Waals surface area contributed by atoms with Crippen LogP contribution in [0.4, 0.5) is 5.69 Å². The molecule has 0 spiro atoms. The molecule has 6 nitrogen and oxygen atoms in total. The summed E-state index contributed by atoms with van der Waals surface area (Å²) in [7, 11) is -3.77. The van der Waals surface area contributed by atoms with Crippen LogP contribution in [0.1, 0.15) is 25.3 Å². The van der Waals surface area contributed by atoms with Gasteiger partial charge in [0.05, 0.1) is 29.1 Å². The molecule has 0 unspecified atom stereocenters. The lowest BCUT2D eigenvalue weighted by atomic mass is 10.2. The van der Waals surface area contributed by atoms with Gasteiger partial charge in [-0.3, -0.25) is 4.31 Å². The Labute approximate surface area is 170 Å². The van der Waals surface area contributed by atoms with Gasteiger partial charge < -0.3 is 5.11 Å². The summed E-state index contributed by atoms with van der Waals surface area (Å²) in [6.45, 7) is 2.19. The number of unbranched alkanes of at least 4 members (excludes halogenated alkanes) is 1. The zero-order valence-corrected chi connectivity index (χ0v) is 17.1. The molecular formula is C20H22ClN3O3S. The van der Waals surface area contributed by atoms with E-state index < -0.39 is 10.0 Å². The number of sulfonamides is 1. The average molecular weight is 420 g/mol. The second-order valence-electron chi connectivity index (χ2n) is 6.33. The van der Waals surface area contributed by atoms with Gasteiger partial charge in [0.2, 0.25) is 0 Å². The molecule has 1 N–H and O–H groups in total. The van der Waals surface area contributed by atoms with Gasteiger partial charge in [0.1, 0.15) is 0 Å². The highest BCUT2D eigenvalue weighted by Crippen LogP contribution is 2.32. The number of aliphatic hydroxyl groups is 1. The zero-order valence-electron chi connectivity index (χ0n) is 15.5. The van der Waals surface area contributed by atoms with Crippen molar-refractivity contribution in [2.24, 2.45) is 0 Å². The summed E-state index contributed by atoms with van der Waals surface area (Å²) in [4.78, 5) is 0.225. The Morgan fingerprint density at radius 1 is 1.18 bits per heavy atom. The third-order valence-electron chi connectivity index (χ3n) is 4.32. The van der Waals surface area contributed by atoms with Gasteiger partial charge in [-0.25, -0.2) is 13.1 Å². The Hall–Kier alpha value is -2.35. The fourth-order valence-electron chi connectivity index (χ4n) is 2.86. The van der Waals surface area contributed by atoms with Gasteiger partial charge in [-0.15, -0.1) is 0 Å². The molecule has 0 fully saturated rings. The van der Waals surface area contributed by atoms with Crippen molar-refractivity contribution in [3.8, 4) is 5.69 Å². The second-order valence-corrected chi connectivity index (χ2v) is 8.63. The minimum absolute atomic E-state index is 0.155. The van der Waals surface area contributed by atoms with Crippen LogP contribution in [0, 0.1) is 0 Å². The Kier molecular flexibility index (Phi) is 6.39. The van der Waals surface area contributed by atoms with Gasteiger partial charge >= 0.3 is 0 Å². The maximum atomic E-state index is 13.4. The molecule has 0 aliphatic rings. The SMILES string of the molecule is CCCCN(c1ccc(Cl)cc1-n1cc(CO)cn1)S(=O)(=O)c1ccccc1. The van der Waals surface area contributed by atoms with Gasteiger partial charge in [-0.05, 0) is 36.8 Å². The number of halogens is 1. The van der Waals surface area contributed by atoms with E-state index in [1.165, 1.54) is 15.2 Å². The largest absolute Gasteiger partial charge is 0.392 e. The first kappa shape index (κ1) is 20.4. The van der Waals surface area contributed by atoms with E-state index in [1.807, 2.05) is 6.92 Å². The van der Waals surface area contributed by atoms with Gasteiger partial charge in [-0.2, -0.15) is 5.10 Å². The van der Waals surface area contributed by atoms with E-state index in [9.17, 15) is 13.5 Å². The first-order chi connectivity index (χ1) is 13.5.